The molecule has 1 heterocycles. The first-order valence-corrected chi connectivity index (χ1v) is 28.3. The van der Waals surface area contributed by atoms with Crippen molar-refractivity contribution in [2.75, 3.05) is 25.1 Å². The number of alkyl halides is 1. The number of ether oxygens (including phenoxy) is 4. The number of carbonyl (C=O) groups is 6. The summed E-state index contributed by atoms with van der Waals surface area (Å²) >= 11 is 0. The molecule has 0 unspecified atom stereocenters. The molecule has 14 nitrogen and oxygen atoms in total. The number of benzene rings is 4. The van der Waals surface area contributed by atoms with Gasteiger partial charge in [0.2, 0.25) is 5.91 Å². The van der Waals surface area contributed by atoms with Gasteiger partial charge in [-0.05, 0) is 134 Å². The number of carbonyl (C=O) groups excluding carboxylic acids is 6. The molecule has 2 amide bonds. The first kappa shape index (κ1) is 56.6. The third-order valence-electron chi connectivity index (χ3n) is 18.1. The topological polar surface area (TPSA) is 204 Å². The Balaban J connectivity index is 0.764. The van der Waals surface area contributed by atoms with E-state index in [1.807, 2.05) is 113 Å². The fourth-order valence-corrected chi connectivity index (χ4v) is 14.6. The Morgan fingerprint density at radius 3 is 2.29 bits per heavy atom. The van der Waals surface area contributed by atoms with Crippen LogP contribution in [0.5, 0.6) is 0 Å². The molecule has 0 aromatic heterocycles. The average Bonchev–Trinajstić information content (AvgIpc) is 4.14. The van der Waals surface area contributed by atoms with Gasteiger partial charge in [-0.15, -0.1) is 0 Å². The zero-order valence-corrected chi connectivity index (χ0v) is 46.2. The Kier molecular flexibility index (Phi) is 16.1. The lowest BCUT2D eigenvalue weighted by Gasteiger charge is -2.60. The molecule has 0 spiro atoms. The van der Waals surface area contributed by atoms with Crippen molar-refractivity contribution in [1.29, 1.82) is 0 Å². The van der Waals surface area contributed by atoms with Gasteiger partial charge in [0.25, 0.3) is 0 Å². The molecule has 4 aromatic rings. The van der Waals surface area contributed by atoms with Crippen LogP contribution in [0.15, 0.2) is 121 Å². The number of aliphatic hydroxyl groups excluding tert-OH is 2. The van der Waals surface area contributed by atoms with E-state index in [4.69, 9.17) is 18.9 Å². The van der Waals surface area contributed by atoms with Crippen molar-refractivity contribution in [3.63, 3.8) is 0 Å². The van der Waals surface area contributed by atoms with Crippen LogP contribution in [0.4, 0.5) is 14.9 Å². The molecular weight excluding hydrogens is 1020 g/mol. The number of amides is 2. The van der Waals surface area contributed by atoms with Crippen molar-refractivity contribution in [2.24, 2.45) is 34.5 Å². The Hall–Kier alpha value is -6.65. The Bertz CT molecular complexity index is 3070. The lowest BCUT2D eigenvalue weighted by molar-refractivity contribution is -0.203. The molecule has 6 aliphatic rings. The van der Waals surface area contributed by atoms with Crippen LogP contribution < -0.4 is 10.6 Å². The average molecular weight is 1090 g/mol. The zero-order chi connectivity index (χ0) is 56.7. The molecule has 80 heavy (non-hydrogen) atoms. The number of fused-ring (bicyclic) bond motifs is 10. The van der Waals surface area contributed by atoms with Crippen molar-refractivity contribution < 1.29 is 62.3 Å². The van der Waals surface area contributed by atoms with E-state index < -0.39 is 77.0 Å². The number of nitrogens with one attached hydrogen (secondary N) is 2. The number of alkyl carbamates (subject to hydrolysis) is 1. The number of ketones is 3. The summed E-state index contributed by atoms with van der Waals surface area (Å²) < 4.78 is 40.6. The van der Waals surface area contributed by atoms with Gasteiger partial charge >= 0.3 is 12.1 Å². The maximum Gasteiger partial charge on any atom is 0.407 e. The summed E-state index contributed by atoms with van der Waals surface area (Å²) in [5, 5.41) is 28.1. The van der Waals surface area contributed by atoms with Crippen LogP contribution in [-0.4, -0.2) is 94.9 Å². The number of allylic oxidation sites excluding steroid dienone is 4. The quantitative estimate of drug-likeness (QED) is 0.0512. The molecule has 10 rings (SSSR count). The predicted molar refractivity (Wildman–Crippen MR) is 297 cm³/mol. The van der Waals surface area contributed by atoms with Gasteiger partial charge < -0.3 is 39.8 Å². The summed E-state index contributed by atoms with van der Waals surface area (Å²) in [6, 6.07) is 31.1. The number of esters is 1. The molecule has 0 bridgehead atoms. The first-order chi connectivity index (χ1) is 38.2. The molecule has 1 aliphatic heterocycles. The highest BCUT2D eigenvalue weighted by molar-refractivity contribution is 6.01. The molecular formula is C65H73FN2O12. The highest BCUT2D eigenvalue weighted by Crippen LogP contribution is 2.70. The number of Topliss-reactive ketones (excluding diaryl/α,β-unsaturated/α-hetero) is 2. The van der Waals surface area contributed by atoms with Crippen molar-refractivity contribution in [3.8, 4) is 11.1 Å². The van der Waals surface area contributed by atoms with Gasteiger partial charge in [0.1, 0.15) is 25.0 Å². The van der Waals surface area contributed by atoms with E-state index in [2.05, 4.69) is 22.8 Å². The van der Waals surface area contributed by atoms with Crippen molar-refractivity contribution in [2.45, 2.75) is 141 Å². The summed E-state index contributed by atoms with van der Waals surface area (Å²) in [7, 11) is 0. The van der Waals surface area contributed by atoms with Gasteiger partial charge in [-0.2, -0.15) is 0 Å². The Labute approximate surface area is 466 Å². The van der Waals surface area contributed by atoms with Crippen molar-refractivity contribution in [3.05, 3.63) is 149 Å². The maximum atomic E-state index is 16.1. The van der Waals surface area contributed by atoms with Crippen LogP contribution in [0.1, 0.15) is 132 Å². The van der Waals surface area contributed by atoms with Gasteiger partial charge in [-0.3, -0.25) is 24.0 Å². The number of aliphatic hydroxyl groups is 2. The third kappa shape index (κ3) is 11.0. The molecule has 5 aliphatic carbocycles. The zero-order valence-electron chi connectivity index (χ0n) is 46.2. The number of unbranched alkanes of at least 4 members (excludes halogenated alkanes) is 2. The van der Waals surface area contributed by atoms with Crippen LogP contribution in [0, 0.1) is 34.5 Å². The minimum Gasteiger partial charge on any atom is -0.460 e. The second-order valence-corrected chi connectivity index (χ2v) is 24.3. The summed E-state index contributed by atoms with van der Waals surface area (Å²) in [6.07, 6.45) is 3.13. The van der Waals surface area contributed by atoms with Gasteiger partial charge in [0, 0.05) is 52.7 Å². The van der Waals surface area contributed by atoms with Crippen molar-refractivity contribution >= 4 is 41.0 Å². The highest BCUT2D eigenvalue weighted by atomic mass is 19.1. The molecule has 0 radical (unpaired) electrons. The fraction of sp³-hybridized carbons (Fsp3) is 0.477. The molecule has 4 aromatic carbocycles. The van der Waals surface area contributed by atoms with Gasteiger partial charge in [-0.1, -0.05) is 118 Å². The van der Waals surface area contributed by atoms with Crippen LogP contribution >= 0.6 is 0 Å². The second kappa shape index (κ2) is 22.7. The monoisotopic (exact) mass is 1090 g/mol. The summed E-state index contributed by atoms with van der Waals surface area (Å²) in [4.78, 5) is 79.4. The van der Waals surface area contributed by atoms with Crippen LogP contribution in [-0.2, 0) is 49.3 Å². The van der Waals surface area contributed by atoms with E-state index in [-0.39, 0.29) is 80.0 Å². The van der Waals surface area contributed by atoms with Gasteiger partial charge in [-0.25, -0.2) is 9.18 Å². The molecule has 15 heteroatoms. The van der Waals surface area contributed by atoms with E-state index in [0.29, 0.717) is 55.3 Å². The molecule has 422 valence electrons. The predicted octanol–water partition coefficient (Wildman–Crippen LogP) is 10.2. The summed E-state index contributed by atoms with van der Waals surface area (Å²) in [5.41, 5.74) is 3.69. The maximum absolute atomic E-state index is 16.1. The van der Waals surface area contributed by atoms with Crippen LogP contribution in [0.2, 0.25) is 0 Å². The van der Waals surface area contributed by atoms with Crippen LogP contribution in [0.3, 0.4) is 0 Å². The number of rotatable bonds is 19. The fourth-order valence-electron chi connectivity index (χ4n) is 14.6. The van der Waals surface area contributed by atoms with E-state index in [0.717, 1.165) is 33.4 Å². The number of anilines is 1. The van der Waals surface area contributed by atoms with E-state index >= 15 is 4.39 Å². The first-order valence-electron chi connectivity index (χ1n) is 28.3. The van der Waals surface area contributed by atoms with Gasteiger partial charge in [0.15, 0.2) is 29.2 Å². The SMILES string of the molecule is CC(C)(C)OC(=O)CCCCC[C@H](CC(=O)CNC(=O)OCC1c2ccccc2-c2ccccc21)C(=O)Nc1cccc(Cc2ccc([C@@H]3O[C@@H]4C[C@H]5[C@@H]6C[C@H](F)C7=CC(=O)C=C[C@]7(C)[C@H]6[C@@H](O)C[C@]5(C)[C@]4(C(=O)CO)O3)cc2)c1. The third-order valence-corrected chi connectivity index (χ3v) is 18.1. The normalized spacial score (nSPS) is 28.5. The van der Waals surface area contributed by atoms with Crippen LogP contribution in [0.25, 0.3) is 11.1 Å². The number of halogens is 1. The lowest BCUT2D eigenvalue weighted by atomic mass is 9.46. The molecule has 11 atom stereocenters. The van der Waals surface area contributed by atoms with Gasteiger partial charge in [0.05, 0.1) is 18.8 Å². The molecule has 1 saturated heterocycles. The Morgan fingerprint density at radius 1 is 0.875 bits per heavy atom. The molecule has 4 N–H and O–H groups in total. The smallest absolute Gasteiger partial charge is 0.407 e. The van der Waals surface area contributed by atoms with E-state index in [1.165, 1.54) is 12.2 Å². The number of hydrogen-bond acceptors (Lipinski definition) is 12. The Morgan fingerprint density at radius 2 is 1.59 bits per heavy atom. The summed E-state index contributed by atoms with van der Waals surface area (Å²) in [5.74, 6) is -3.67. The second-order valence-electron chi connectivity index (χ2n) is 24.3. The lowest BCUT2D eigenvalue weighted by Crippen LogP contribution is -2.64. The minimum absolute atomic E-state index is 0.0925. The molecule has 4 fully saturated rings. The summed E-state index contributed by atoms with van der Waals surface area (Å²) in [6.45, 7) is 8.22. The highest BCUT2D eigenvalue weighted by Gasteiger charge is 2.76. The largest absolute Gasteiger partial charge is 0.460 e. The van der Waals surface area contributed by atoms with E-state index in [9.17, 15) is 39.0 Å². The minimum atomic E-state index is -1.59. The van der Waals surface area contributed by atoms with E-state index in [1.54, 1.807) is 12.1 Å². The molecule has 3 saturated carbocycles. The number of hydrogen-bond donors (Lipinski definition) is 4. The standard InChI is InChI=1S/C65H73FN2O12/c1-62(2,3)79-57(74)21-8-6-7-15-41(30-44(71)35-67-61(76)77-37-50-47-19-11-9-17-45(47)46-18-10-12-20-48(46)50)59(75)68-42-16-13-14-39(29-42)28-38-22-24-40(25-23-38)60-78-56-33-51-49-32-53(66)52-31-43(70)26-27-63(52,4)58(49)54(72)34-64(51,5)65(56,80-60)55(73)36-69/h9-14,16-20,22-27,29,31,41,49-51,53-54,56,58,60,69,72H,6-8,15,21,28,30,32-37H2,1-5H3,(H,67,76)(H,68,75)/t41-,49+,51+,53+,54+,56-,58-,60-,63+,64+,65-/m1/s1. The van der Waals surface area contributed by atoms with Crippen molar-refractivity contribution in [1.82, 2.24) is 5.32 Å².